The molecule has 0 saturated heterocycles. The minimum absolute atomic E-state index is 0.473. The van der Waals surface area contributed by atoms with E-state index in [1.54, 1.807) is 20.9 Å². The van der Waals surface area contributed by atoms with Crippen LogP contribution in [0.25, 0.3) is 0 Å². The van der Waals surface area contributed by atoms with Crippen LogP contribution in [-0.4, -0.2) is 32.1 Å². The Morgan fingerprint density at radius 1 is 1.03 bits per heavy atom. The van der Waals surface area contributed by atoms with Gasteiger partial charge in [-0.25, -0.2) is 0 Å². The van der Waals surface area contributed by atoms with Crippen molar-refractivity contribution in [2.45, 2.75) is 79.6 Å². The number of hydrogen-bond donors (Lipinski definition) is 0. The molecule has 1 aliphatic rings. The fourth-order valence-electron chi connectivity index (χ4n) is 4.82. The third-order valence-corrected chi connectivity index (χ3v) is 7.96. The van der Waals surface area contributed by atoms with Gasteiger partial charge in [-0.2, -0.15) is 0 Å². The minimum atomic E-state index is 0.473. The van der Waals surface area contributed by atoms with E-state index in [4.69, 9.17) is 4.74 Å². The van der Waals surface area contributed by atoms with Crippen molar-refractivity contribution < 1.29 is 4.74 Å². The van der Waals surface area contributed by atoms with Gasteiger partial charge in [0.1, 0.15) is 12.4 Å². The van der Waals surface area contributed by atoms with E-state index in [9.17, 15) is 0 Å². The molecule has 0 atom stereocenters. The summed E-state index contributed by atoms with van der Waals surface area (Å²) in [5.41, 5.74) is 7.89. The Morgan fingerprint density at radius 3 is 2.37 bits per heavy atom. The van der Waals surface area contributed by atoms with Crippen LogP contribution in [0.1, 0.15) is 71.2 Å². The first-order valence-corrected chi connectivity index (χ1v) is 12.5. The molecule has 2 aromatic rings. The first-order valence-electron chi connectivity index (χ1n) is 11.7. The van der Waals surface area contributed by atoms with E-state index in [0.29, 0.717) is 5.41 Å². The van der Waals surface area contributed by atoms with Gasteiger partial charge in [0.2, 0.25) is 0 Å². The van der Waals surface area contributed by atoms with Crippen molar-refractivity contribution in [3.8, 4) is 5.75 Å². The van der Waals surface area contributed by atoms with Gasteiger partial charge < -0.3 is 9.64 Å². The maximum atomic E-state index is 6.06. The second-order valence-electron chi connectivity index (χ2n) is 10.2. The predicted molar refractivity (Wildman–Crippen MR) is 131 cm³/mol. The second kappa shape index (κ2) is 9.87. The molecule has 0 saturated carbocycles. The first-order chi connectivity index (χ1) is 14.2. The van der Waals surface area contributed by atoms with E-state index in [2.05, 4.69) is 77.1 Å². The zero-order valence-electron chi connectivity index (χ0n) is 20.3. The zero-order valence-corrected chi connectivity index (χ0v) is 21.1. The van der Waals surface area contributed by atoms with E-state index >= 15 is 0 Å². The highest BCUT2D eigenvalue weighted by Crippen LogP contribution is 2.42. The number of rotatable bonds is 9. The highest BCUT2D eigenvalue weighted by atomic mass is 32.1. The van der Waals surface area contributed by atoms with Gasteiger partial charge in [0.05, 0.1) is 0 Å². The summed E-state index contributed by atoms with van der Waals surface area (Å²) in [6.45, 7) is 13.3. The molecule has 0 N–H and O–H groups in total. The smallest absolute Gasteiger partial charge is 0.125 e. The molecule has 3 heteroatoms. The molecule has 1 aliphatic carbocycles. The molecule has 3 rings (SSSR count). The second-order valence-corrected chi connectivity index (χ2v) is 11.4. The van der Waals surface area contributed by atoms with Crippen LogP contribution in [0.4, 0.5) is 0 Å². The van der Waals surface area contributed by atoms with Crippen LogP contribution in [0.15, 0.2) is 12.1 Å². The lowest BCUT2D eigenvalue weighted by Crippen LogP contribution is -2.22. The molecule has 0 fully saturated rings. The van der Waals surface area contributed by atoms with Crippen LogP contribution < -0.4 is 4.74 Å². The van der Waals surface area contributed by atoms with Crippen LogP contribution >= 0.6 is 11.3 Å². The molecule has 1 heterocycles. The number of nitrogens with zero attached hydrogens (tertiary/aromatic N) is 1. The van der Waals surface area contributed by atoms with E-state index in [0.717, 1.165) is 25.3 Å². The molecule has 0 aliphatic heterocycles. The van der Waals surface area contributed by atoms with Gasteiger partial charge in [0.15, 0.2) is 0 Å². The molecule has 0 radical (unpaired) electrons. The Bertz CT molecular complexity index is 839. The van der Waals surface area contributed by atoms with E-state index in [1.165, 1.54) is 55.2 Å². The van der Waals surface area contributed by atoms with Crippen LogP contribution in [-0.2, 0) is 32.1 Å². The van der Waals surface area contributed by atoms with E-state index < -0.39 is 0 Å². The van der Waals surface area contributed by atoms with Crippen LogP contribution in [0.2, 0.25) is 0 Å². The fourth-order valence-corrected chi connectivity index (χ4v) is 6.17. The Kier molecular flexibility index (Phi) is 7.68. The fraction of sp³-hybridized carbons (Fsp3) is 0.630. The number of aryl methyl sites for hydroxylation is 5. The maximum Gasteiger partial charge on any atom is 0.125 e. The molecule has 0 unspecified atom stereocenters. The van der Waals surface area contributed by atoms with Gasteiger partial charge in [-0.1, -0.05) is 32.9 Å². The third-order valence-electron chi connectivity index (χ3n) is 6.49. The van der Waals surface area contributed by atoms with Crippen molar-refractivity contribution in [2.24, 2.45) is 5.41 Å². The zero-order chi connectivity index (χ0) is 21.9. The Hall–Kier alpha value is -1.32. The summed E-state index contributed by atoms with van der Waals surface area (Å²) in [5.74, 6) is 1.07. The van der Waals surface area contributed by atoms with Crippen molar-refractivity contribution in [1.29, 1.82) is 0 Å². The highest BCUT2D eigenvalue weighted by molar-refractivity contribution is 7.12. The van der Waals surface area contributed by atoms with Crippen molar-refractivity contribution in [1.82, 2.24) is 4.90 Å². The summed E-state index contributed by atoms with van der Waals surface area (Å²) in [7, 11) is 4.17. The van der Waals surface area contributed by atoms with Gasteiger partial charge in [-0.3, -0.25) is 0 Å². The molecule has 166 valence electrons. The summed E-state index contributed by atoms with van der Waals surface area (Å²) in [6.07, 6.45) is 8.70. The largest absolute Gasteiger partial charge is 0.492 e. The van der Waals surface area contributed by atoms with Crippen molar-refractivity contribution in [2.75, 3.05) is 27.2 Å². The molecule has 1 aromatic carbocycles. The average molecular weight is 428 g/mol. The molecule has 0 bridgehead atoms. The highest BCUT2D eigenvalue weighted by Gasteiger charge is 2.29. The lowest BCUT2D eigenvalue weighted by Gasteiger charge is -2.30. The normalized spacial score (nSPS) is 15.5. The molecule has 0 amide bonds. The number of hydrogen-bond acceptors (Lipinski definition) is 3. The van der Waals surface area contributed by atoms with Crippen LogP contribution in [0.3, 0.4) is 0 Å². The molecular formula is C27H41NOS. The quantitative estimate of drug-likeness (QED) is 0.449. The van der Waals surface area contributed by atoms with Gasteiger partial charge in [0, 0.05) is 16.3 Å². The molecule has 2 nitrogen and oxygen atoms in total. The van der Waals surface area contributed by atoms with Gasteiger partial charge in [-0.15, -0.1) is 11.3 Å². The molecule has 1 aromatic heterocycles. The lowest BCUT2D eigenvalue weighted by molar-refractivity contribution is 0.259. The van der Waals surface area contributed by atoms with Crippen molar-refractivity contribution in [3.63, 3.8) is 0 Å². The SMILES string of the molecule is CCc1sc(CCCc2cc(C)c(OCCN(C)C)c(C)c2)c2c1CC(C)(C)CC2. The predicted octanol–water partition coefficient (Wildman–Crippen LogP) is 6.56. The number of benzene rings is 1. The molecule has 30 heavy (non-hydrogen) atoms. The summed E-state index contributed by atoms with van der Waals surface area (Å²) in [6, 6.07) is 4.67. The van der Waals surface area contributed by atoms with Crippen LogP contribution in [0, 0.1) is 19.3 Å². The molecular weight excluding hydrogens is 386 g/mol. The Morgan fingerprint density at radius 2 is 1.73 bits per heavy atom. The first kappa shape index (κ1) is 23.3. The standard InChI is InChI=1S/C27H41NOS/c1-8-24-23-18-27(4,5)13-12-22(23)25(30-24)11-9-10-21-16-19(2)26(20(3)17-21)29-15-14-28(6)7/h16-17H,8-15,18H2,1-7H3. The number of thiophene rings is 1. The number of fused-ring (bicyclic) bond motifs is 1. The lowest BCUT2D eigenvalue weighted by atomic mass is 9.74. The Balaban J connectivity index is 1.63. The topological polar surface area (TPSA) is 12.5 Å². The van der Waals surface area contributed by atoms with E-state index in [1.807, 2.05) is 0 Å². The van der Waals surface area contributed by atoms with E-state index in [-0.39, 0.29) is 0 Å². The summed E-state index contributed by atoms with van der Waals surface area (Å²) in [4.78, 5) is 5.49. The third kappa shape index (κ3) is 5.68. The summed E-state index contributed by atoms with van der Waals surface area (Å²) in [5, 5.41) is 0. The summed E-state index contributed by atoms with van der Waals surface area (Å²) >= 11 is 2.11. The van der Waals surface area contributed by atoms with Crippen molar-refractivity contribution >= 4 is 11.3 Å². The molecule has 0 spiro atoms. The van der Waals surface area contributed by atoms with Crippen molar-refractivity contribution in [3.05, 3.63) is 49.7 Å². The van der Waals surface area contributed by atoms with Gasteiger partial charge in [-0.05, 0) is 106 Å². The minimum Gasteiger partial charge on any atom is -0.492 e. The summed E-state index contributed by atoms with van der Waals surface area (Å²) < 4.78 is 6.06. The van der Waals surface area contributed by atoms with Gasteiger partial charge in [0.25, 0.3) is 0 Å². The average Bonchev–Trinajstić information content (AvgIpc) is 2.99. The van der Waals surface area contributed by atoms with Gasteiger partial charge >= 0.3 is 0 Å². The number of likely N-dealkylation sites (N-methyl/N-ethyl adjacent to an activating group) is 1. The monoisotopic (exact) mass is 427 g/mol. The van der Waals surface area contributed by atoms with Crippen LogP contribution in [0.5, 0.6) is 5.75 Å². The maximum absolute atomic E-state index is 6.06. The Labute approximate surface area is 188 Å². The number of ether oxygens (including phenoxy) is 1.